The molecule has 0 saturated heterocycles. The van der Waals surface area contributed by atoms with Crippen LogP contribution in [0.5, 0.6) is 5.75 Å². The summed E-state index contributed by atoms with van der Waals surface area (Å²) in [6, 6.07) is 3.77. The maximum absolute atomic E-state index is 5.03. The van der Waals surface area contributed by atoms with E-state index in [-0.39, 0.29) is 0 Å². The molecule has 0 aliphatic rings. The topological polar surface area (TPSA) is 39.9 Å². The molecule has 0 bridgehead atoms. The summed E-state index contributed by atoms with van der Waals surface area (Å²) in [5, 5.41) is 0. The van der Waals surface area contributed by atoms with Crippen LogP contribution in [0.15, 0.2) is 30.7 Å². The van der Waals surface area contributed by atoms with Crippen molar-refractivity contribution in [1.29, 1.82) is 0 Å². The van der Waals surface area contributed by atoms with E-state index in [1.54, 1.807) is 19.5 Å². The van der Waals surface area contributed by atoms with Gasteiger partial charge in [0.25, 0.3) is 0 Å². The van der Waals surface area contributed by atoms with Gasteiger partial charge in [0.15, 0.2) is 0 Å². The summed E-state index contributed by atoms with van der Waals surface area (Å²) < 4.78 is 6.95. The van der Waals surface area contributed by atoms with Crippen molar-refractivity contribution in [3.63, 3.8) is 0 Å². The first kappa shape index (κ1) is 8.74. The van der Waals surface area contributed by atoms with E-state index in [1.807, 2.05) is 29.8 Å². The first-order valence-electron chi connectivity index (χ1n) is 4.31. The summed E-state index contributed by atoms with van der Waals surface area (Å²) in [6.45, 7) is 1.94. The number of aryl methyl sites for hydroxylation is 1. The van der Waals surface area contributed by atoms with Crippen LogP contribution < -0.4 is 4.74 Å². The quantitative estimate of drug-likeness (QED) is 0.720. The average Bonchev–Trinajstić information content (AvgIpc) is 2.65. The Labute approximate surface area is 82.2 Å². The Balaban J connectivity index is 2.39. The normalized spacial score (nSPS) is 10.1. The highest BCUT2D eigenvalue weighted by atomic mass is 16.5. The van der Waals surface area contributed by atoms with Crippen molar-refractivity contribution in [3.05, 3.63) is 36.5 Å². The number of imidazole rings is 1. The molecule has 2 aromatic rings. The lowest BCUT2D eigenvalue weighted by Crippen LogP contribution is -1.98. The smallest absolute Gasteiger partial charge is 0.138 e. The number of hydrogen-bond acceptors (Lipinski definition) is 3. The molecular formula is C10H11N3O. The second-order valence-electron chi connectivity index (χ2n) is 2.90. The van der Waals surface area contributed by atoms with Gasteiger partial charge in [-0.25, -0.2) is 9.97 Å². The van der Waals surface area contributed by atoms with Gasteiger partial charge in [0.1, 0.15) is 17.4 Å². The predicted molar refractivity (Wildman–Crippen MR) is 52.6 cm³/mol. The maximum atomic E-state index is 5.03. The monoisotopic (exact) mass is 189 g/mol. The van der Waals surface area contributed by atoms with Crippen molar-refractivity contribution in [2.24, 2.45) is 0 Å². The van der Waals surface area contributed by atoms with Crippen LogP contribution in [0.3, 0.4) is 0 Å². The van der Waals surface area contributed by atoms with Crippen LogP contribution in [0.1, 0.15) is 5.82 Å². The molecule has 0 aliphatic carbocycles. The molecule has 72 valence electrons. The van der Waals surface area contributed by atoms with E-state index in [0.717, 1.165) is 17.4 Å². The molecule has 0 aromatic carbocycles. The molecule has 0 N–H and O–H groups in total. The summed E-state index contributed by atoms with van der Waals surface area (Å²) >= 11 is 0. The number of nitrogens with zero attached hydrogens (tertiary/aromatic N) is 3. The Morgan fingerprint density at radius 3 is 2.64 bits per heavy atom. The largest absolute Gasteiger partial charge is 0.495 e. The zero-order valence-electron chi connectivity index (χ0n) is 8.14. The summed E-state index contributed by atoms with van der Waals surface area (Å²) in [7, 11) is 1.62. The SMILES string of the molecule is COc1ccc(-n2ccnc2C)nc1. The Bertz CT molecular complexity index is 419. The van der Waals surface area contributed by atoms with Crippen molar-refractivity contribution in [3.8, 4) is 11.6 Å². The van der Waals surface area contributed by atoms with Gasteiger partial charge >= 0.3 is 0 Å². The van der Waals surface area contributed by atoms with Crippen LogP contribution in [0, 0.1) is 6.92 Å². The van der Waals surface area contributed by atoms with E-state index < -0.39 is 0 Å². The summed E-state index contributed by atoms with van der Waals surface area (Å²) in [6.07, 6.45) is 5.32. The molecule has 2 heterocycles. The lowest BCUT2D eigenvalue weighted by molar-refractivity contribution is 0.412. The second kappa shape index (κ2) is 3.49. The van der Waals surface area contributed by atoms with E-state index in [2.05, 4.69) is 9.97 Å². The highest BCUT2D eigenvalue weighted by molar-refractivity contribution is 5.29. The van der Waals surface area contributed by atoms with Gasteiger partial charge in [0.2, 0.25) is 0 Å². The number of pyridine rings is 1. The molecule has 0 aliphatic heterocycles. The van der Waals surface area contributed by atoms with E-state index >= 15 is 0 Å². The van der Waals surface area contributed by atoms with Crippen LogP contribution in [0.25, 0.3) is 5.82 Å². The molecule has 2 aromatic heterocycles. The Hall–Kier alpha value is -1.84. The molecule has 0 radical (unpaired) electrons. The number of methoxy groups -OCH3 is 1. The highest BCUT2D eigenvalue weighted by Gasteiger charge is 2.00. The molecule has 2 rings (SSSR count). The molecule has 0 fully saturated rings. The lowest BCUT2D eigenvalue weighted by Gasteiger charge is -2.04. The van der Waals surface area contributed by atoms with Crippen LogP contribution in [0.2, 0.25) is 0 Å². The average molecular weight is 189 g/mol. The van der Waals surface area contributed by atoms with Crippen LogP contribution >= 0.6 is 0 Å². The summed E-state index contributed by atoms with van der Waals surface area (Å²) in [4.78, 5) is 8.38. The second-order valence-corrected chi connectivity index (χ2v) is 2.90. The Kier molecular flexibility index (Phi) is 2.18. The molecule has 0 spiro atoms. The van der Waals surface area contributed by atoms with Crippen LogP contribution in [-0.2, 0) is 0 Å². The third-order valence-electron chi connectivity index (χ3n) is 2.03. The molecule has 14 heavy (non-hydrogen) atoms. The fourth-order valence-corrected chi connectivity index (χ4v) is 1.26. The number of hydrogen-bond donors (Lipinski definition) is 0. The van der Waals surface area contributed by atoms with Crippen molar-refractivity contribution in [2.75, 3.05) is 7.11 Å². The zero-order valence-corrected chi connectivity index (χ0v) is 8.14. The van der Waals surface area contributed by atoms with Crippen molar-refractivity contribution in [1.82, 2.24) is 14.5 Å². The molecule has 0 amide bonds. The van der Waals surface area contributed by atoms with Gasteiger partial charge in [-0.15, -0.1) is 0 Å². The zero-order chi connectivity index (χ0) is 9.97. The van der Waals surface area contributed by atoms with E-state index in [9.17, 15) is 0 Å². The fraction of sp³-hybridized carbons (Fsp3) is 0.200. The molecular weight excluding hydrogens is 178 g/mol. The van der Waals surface area contributed by atoms with E-state index in [1.165, 1.54) is 0 Å². The lowest BCUT2D eigenvalue weighted by atomic mass is 10.4. The number of rotatable bonds is 2. The predicted octanol–water partition coefficient (Wildman–Crippen LogP) is 1.58. The van der Waals surface area contributed by atoms with Gasteiger partial charge < -0.3 is 4.74 Å². The van der Waals surface area contributed by atoms with Gasteiger partial charge in [0, 0.05) is 12.4 Å². The standard InChI is InChI=1S/C10H11N3O/c1-8-11-5-6-13(8)10-4-3-9(14-2)7-12-10/h3-7H,1-2H3. The van der Waals surface area contributed by atoms with E-state index in [4.69, 9.17) is 4.74 Å². The molecule has 4 nitrogen and oxygen atoms in total. The fourth-order valence-electron chi connectivity index (χ4n) is 1.26. The first-order valence-corrected chi connectivity index (χ1v) is 4.31. The Morgan fingerprint density at radius 2 is 2.14 bits per heavy atom. The first-order chi connectivity index (χ1) is 6.81. The Morgan fingerprint density at radius 1 is 1.29 bits per heavy atom. The van der Waals surface area contributed by atoms with Gasteiger partial charge in [-0.3, -0.25) is 4.57 Å². The van der Waals surface area contributed by atoms with E-state index in [0.29, 0.717) is 0 Å². The van der Waals surface area contributed by atoms with Crippen LogP contribution in [-0.4, -0.2) is 21.6 Å². The maximum Gasteiger partial charge on any atom is 0.138 e. The highest BCUT2D eigenvalue weighted by Crippen LogP contribution is 2.12. The third kappa shape index (κ3) is 1.46. The molecule has 0 atom stereocenters. The van der Waals surface area contributed by atoms with Crippen molar-refractivity contribution in [2.45, 2.75) is 6.92 Å². The third-order valence-corrected chi connectivity index (χ3v) is 2.03. The van der Waals surface area contributed by atoms with Crippen LogP contribution in [0.4, 0.5) is 0 Å². The minimum atomic E-state index is 0.756. The molecule has 0 saturated carbocycles. The van der Waals surface area contributed by atoms with Gasteiger partial charge in [0.05, 0.1) is 13.3 Å². The number of ether oxygens (including phenoxy) is 1. The van der Waals surface area contributed by atoms with Crippen molar-refractivity contribution >= 4 is 0 Å². The molecule has 4 heteroatoms. The summed E-state index contributed by atoms with van der Waals surface area (Å²) in [5.41, 5.74) is 0. The summed E-state index contributed by atoms with van der Waals surface area (Å²) in [5.74, 6) is 2.52. The van der Waals surface area contributed by atoms with Gasteiger partial charge in [-0.2, -0.15) is 0 Å². The minimum Gasteiger partial charge on any atom is -0.495 e. The van der Waals surface area contributed by atoms with Crippen molar-refractivity contribution < 1.29 is 4.74 Å². The minimum absolute atomic E-state index is 0.756. The van der Waals surface area contributed by atoms with Gasteiger partial charge in [-0.1, -0.05) is 0 Å². The number of aromatic nitrogens is 3. The van der Waals surface area contributed by atoms with Gasteiger partial charge in [-0.05, 0) is 19.1 Å². The molecule has 0 unspecified atom stereocenters.